The molecule has 1 aromatic rings. The van der Waals surface area contributed by atoms with Crippen molar-refractivity contribution in [2.45, 2.75) is 39.2 Å². The summed E-state index contributed by atoms with van der Waals surface area (Å²) in [5.74, 6) is 1.79. The summed E-state index contributed by atoms with van der Waals surface area (Å²) in [6, 6.07) is 2.56. The van der Waals surface area contributed by atoms with Gasteiger partial charge in [-0.05, 0) is 42.6 Å². The SMILES string of the molecule is CC1CCC(Nc2snc(N)c2C#N)C(C)C1. The van der Waals surface area contributed by atoms with E-state index in [0.717, 1.165) is 17.3 Å². The average molecular weight is 250 g/mol. The van der Waals surface area contributed by atoms with E-state index in [-0.39, 0.29) is 0 Å². The number of nitrogens with zero attached hydrogens (tertiary/aromatic N) is 2. The molecule has 3 unspecified atom stereocenters. The van der Waals surface area contributed by atoms with Crippen molar-refractivity contribution >= 4 is 22.4 Å². The van der Waals surface area contributed by atoms with Gasteiger partial charge >= 0.3 is 0 Å². The summed E-state index contributed by atoms with van der Waals surface area (Å²) in [4.78, 5) is 0. The highest BCUT2D eigenvalue weighted by Crippen LogP contribution is 2.33. The fraction of sp³-hybridized carbons (Fsp3) is 0.667. The van der Waals surface area contributed by atoms with Crippen LogP contribution in [0.25, 0.3) is 0 Å². The number of nitriles is 1. The van der Waals surface area contributed by atoms with Crippen LogP contribution in [0, 0.1) is 23.2 Å². The molecule has 0 spiro atoms. The molecule has 1 saturated carbocycles. The summed E-state index contributed by atoms with van der Waals surface area (Å²) in [5.41, 5.74) is 6.15. The second-order valence-corrected chi connectivity index (χ2v) is 5.80. The van der Waals surface area contributed by atoms with Crippen LogP contribution in [0.2, 0.25) is 0 Å². The highest BCUT2D eigenvalue weighted by molar-refractivity contribution is 7.10. The van der Waals surface area contributed by atoms with Gasteiger partial charge in [0.05, 0.1) is 0 Å². The Morgan fingerprint density at radius 1 is 1.47 bits per heavy atom. The Bertz CT molecular complexity index is 434. The molecule has 5 heteroatoms. The Kier molecular flexibility index (Phi) is 3.53. The molecule has 17 heavy (non-hydrogen) atoms. The van der Waals surface area contributed by atoms with Crippen molar-refractivity contribution in [2.75, 3.05) is 11.1 Å². The Morgan fingerprint density at radius 2 is 2.24 bits per heavy atom. The molecule has 1 heterocycles. The van der Waals surface area contributed by atoms with Crippen molar-refractivity contribution in [2.24, 2.45) is 11.8 Å². The van der Waals surface area contributed by atoms with Gasteiger partial charge < -0.3 is 11.1 Å². The number of rotatable bonds is 2. The topological polar surface area (TPSA) is 74.7 Å². The van der Waals surface area contributed by atoms with E-state index in [1.807, 2.05) is 0 Å². The number of nitrogen functional groups attached to an aromatic ring is 1. The van der Waals surface area contributed by atoms with E-state index < -0.39 is 0 Å². The van der Waals surface area contributed by atoms with Crippen LogP contribution in [0.1, 0.15) is 38.7 Å². The third-order valence-electron chi connectivity index (χ3n) is 3.58. The normalized spacial score (nSPS) is 28.6. The fourth-order valence-electron chi connectivity index (χ4n) is 2.56. The van der Waals surface area contributed by atoms with Gasteiger partial charge in [-0.15, -0.1) is 0 Å². The van der Waals surface area contributed by atoms with E-state index in [4.69, 9.17) is 11.0 Å². The van der Waals surface area contributed by atoms with Crippen molar-refractivity contribution in [3.63, 3.8) is 0 Å². The summed E-state index contributed by atoms with van der Waals surface area (Å²) in [7, 11) is 0. The van der Waals surface area contributed by atoms with E-state index in [0.29, 0.717) is 23.3 Å². The van der Waals surface area contributed by atoms with Crippen molar-refractivity contribution in [1.29, 1.82) is 5.26 Å². The second-order valence-electron chi connectivity index (χ2n) is 5.03. The molecule has 3 N–H and O–H groups in total. The van der Waals surface area contributed by atoms with Crippen LogP contribution in [-0.4, -0.2) is 10.4 Å². The molecule has 0 saturated heterocycles. The minimum Gasteiger partial charge on any atom is -0.382 e. The maximum absolute atomic E-state index is 9.02. The van der Waals surface area contributed by atoms with Gasteiger partial charge in [0.15, 0.2) is 5.82 Å². The van der Waals surface area contributed by atoms with E-state index in [1.165, 1.54) is 24.4 Å². The van der Waals surface area contributed by atoms with Gasteiger partial charge in [0.2, 0.25) is 0 Å². The molecule has 1 fully saturated rings. The minimum absolute atomic E-state index is 0.344. The van der Waals surface area contributed by atoms with Crippen molar-refractivity contribution < 1.29 is 0 Å². The average Bonchev–Trinajstić information content (AvgIpc) is 2.63. The molecule has 0 aromatic carbocycles. The zero-order valence-electron chi connectivity index (χ0n) is 10.2. The van der Waals surface area contributed by atoms with E-state index in [2.05, 4.69) is 29.6 Å². The molecular weight excluding hydrogens is 232 g/mol. The lowest BCUT2D eigenvalue weighted by atomic mass is 9.80. The van der Waals surface area contributed by atoms with E-state index in [9.17, 15) is 0 Å². The molecule has 4 nitrogen and oxygen atoms in total. The second kappa shape index (κ2) is 4.92. The molecule has 0 bridgehead atoms. The zero-order chi connectivity index (χ0) is 12.4. The number of anilines is 2. The number of hydrogen-bond acceptors (Lipinski definition) is 5. The molecule has 0 amide bonds. The lowest BCUT2D eigenvalue weighted by molar-refractivity contribution is 0.277. The van der Waals surface area contributed by atoms with Crippen LogP contribution in [0.5, 0.6) is 0 Å². The highest BCUT2D eigenvalue weighted by atomic mass is 32.1. The van der Waals surface area contributed by atoms with Gasteiger partial charge in [-0.2, -0.15) is 9.64 Å². The summed E-state index contributed by atoms with van der Waals surface area (Å²) in [6.45, 7) is 4.57. The molecule has 2 rings (SSSR count). The number of nitrogens with one attached hydrogen (secondary N) is 1. The minimum atomic E-state index is 0.344. The summed E-state index contributed by atoms with van der Waals surface area (Å²) in [5, 5.41) is 13.3. The maximum Gasteiger partial charge on any atom is 0.157 e. The van der Waals surface area contributed by atoms with Crippen LogP contribution < -0.4 is 11.1 Å². The van der Waals surface area contributed by atoms with Crippen molar-refractivity contribution in [3.05, 3.63) is 5.56 Å². The van der Waals surface area contributed by atoms with Gasteiger partial charge in [-0.3, -0.25) is 0 Å². The number of aromatic nitrogens is 1. The van der Waals surface area contributed by atoms with Crippen molar-refractivity contribution in [1.82, 2.24) is 4.37 Å². The quantitative estimate of drug-likeness (QED) is 0.846. The Labute approximate surface area is 106 Å². The van der Waals surface area contributed by atoms with Gasteiger partial charge in [0, 0.05) is 6.04 Å². The van der Waals surface area contributed by atoms with E-state index in [1.54, 1.807) is 0 Å². The predicted molar refractivity (Wildman–Crippen MR) is 70.8 cm³/mol. The van der Waals surface area contributed by atoms with Crippen LogP contribution >= 0.6 is 11.5 Å². The van der Waals surface area contributed by atoms with Crippen LogP contribution in [0.3, 0.4) is 0 Å². The Morgan fingerprint density at radius 3 is 2.88 bits per heavy atom. The molecule has 1 aliphatic carbocycles. The first-order chi connectivity index (χ1) is 8.11. The third-order valence-corrected chi connectivity index (χ3v) is 4.37. The van der Waals surface area contributed by atoms with Crippen molar-refractivity contribution in [3.8, 4) is 6.07 Å². The molecular formula is C12H18N4S. The van der Waals surface area contributed by atoms with Gasteiger partial charge in [-0.25, -0.2) is 0 Å². The fourth-order valence-corrected chi connectivity index (χ4v) is 3.28. The number of nitrogens with two attached hydrogens (primary N) is 1. The molecule has 1 aromatic heterocycles. The zero-order valence-corrected chi connectivity index (χ0v) is 11.0. The predicted octanol–water partition coefficient (Wildman–Crippen LogP) is 2.83. The summed E-state index contributed by atoms with van der Waals surface area (Å²) >= 11 is 1.29. The largest absolute Gasteiger partial charge is 0.382 e. The Balaban J connectivity index is 2.08. The molecule has 0 radical (unpaired) electrons. The molecule has 1 aliphatic rings. The van der Waals surface area contributed by atoms with Crippen LogP contribution in [0.15, 0.2) is 0 Å². The summed E-state index contributed by atoms with van der Waals surface area (Å²) < 4.78 is 4.03. The van der Waals surface area contributed by atoms with Gasteiger partial charge in [0.25, 0.3) is 0 Å². The lowest BCUT2D eigenvalue weighted by Gasteiger charge is -2.33. The monoisotopic (exact) mass is 250 g/mol. The summed E-state index contributed by atoms with van der Waals surface area (Å²) in [6.07, 6.45) is 3.65. The smallest absolute Gasteiger partial charge is 0.157 e. The standard InChI is InChI=1S/C12H18N4S/c1-7-3-4-10(8(2)5-7)15-12-9(6-13)11(14)16-17-12/h7-8,10,15H,3-5H2,1-2H3,(H2,14,16). The highest BCUT2D eigenvalue weighted by Gasteiger charge is 2.26. The molecule has 92 valence electrons. The van der Waals surface area contributed by atoms with Gasteiger partial charge in [0.1, 0.15) is 16.6 Å². The first-order valence-electron chi connectivity index (χ1n) is 6.03. The lowest BCUT2D eigenvalue weighted by Crippen LogP contribution is -2.32. The van der Waals surface area contributed by atoms with E-state index >= 15 is 0 Å². The first kappa shape index (κ1) is 12.2. The number of hydrogen-bond donors (Lipinski definition) is 2. The third kappa shape index (κ3) is 2.52. The van der Waals surface area contributed by atoms with Gasteiger partial charge in [-0.1, -0.05) is 13.8 Å². The molecule has 0 aliphatic heterocycles. The Hall–Kier alpha value is -1.28. The molecule has 3 atom stereocenters. The van der Waals surface area contributed by atoms with Crippen LogP contribution in [0.4, 0.5) is 10.8 Å². The van der Waals surface area contributed by atoms with Crippen LogP contribution in [-0.2, 0) is 0 Å². The first-order valence-corrected chi connectivity index (χ1v) is 6.81. The maximum atomic E-state index is 9.02.